The van der Waals surface area contributed by atoms with Crippen LogP contribution in [-0.4, -0.2) is 40.3 Å². The van der Waals surface area contributed by atoms with Crippen LogP contribution in [-0.2, 0) is 6.54 Å². The van der Waals surface area contributed by atoms with E-state index in [0.29, 0.717) is 6.54 Å². The molecule has 23 heavy (non-hydrogen) atoms. The van der Waals surface area contributed by atoms with Gasteiger partial charge in [-0.15, -0.1) is 0 Å². The van der Waals surface area contributed by atoms with Gasteiger partial charge >= 0.3 is 6.03 Å². The standard InChI is InChI=1S/C18H25N3O2/c1-2-8-20-10-7-15-5-6-16(11-17(15)20)19-18(23)21-9-3-4-14(12-21)13-22/h5-7,10-11,14,22H,2-4,8-9,12-13H2,1H3,(H,19,23). The van der Waals surface area contributed by atoms with Gasteiger partial charge in [-0.25, -0.2) is 4.79 Å². The van der Waals surface area contributed by atoms with E-state index in [1.165, 1.54) is 5.39 Å². The van der Waals surface area contributed by atoms with E-state index in [-0.39, 0.29) is 18.6 Å². The highest BCUT2D eigenvalue weighted by Crippen LogP contribution is 2.22. The Morgan fingerprint density at radius 1 is 1.39 bits per heavy atom. The molecule has 2 heterocycles. The zero-order valence-electron chi connectivity index (χ0n) is 13.7. The van der Waals surface area contributed by atoms with Gasteiger partial charge in [-0.1, -0.05) is 13.0 Å². The van der Waals surface area contributed by atoms with Gasteiger partial charge in [0.2, 0.25) is 0 Å². The molecule has 0 spiro atoms. The highest BCUT2D eigenvalue weighted by Gasteiger charge is 2.23. The largest absolute Gasteiger partial charge is 0.396 e. The smallest absolute Gasteiger partial charge is 0.321 e. The third kappa shape index (κ3) is 3.50. The lowest BCUT2D eigenvalue weighted by molar-refractivity contribution is 0.136. The van der Waals surface area contributed by atoms with E-state index in [0.717, 1.165) is 43.6 Å². The molecule has 0 saturated carbocycles. The number of urea groups is 1. The normalized spacial score (nSPS) is 18.3. The molecule has 1 aromatic heterocycles. The van der Waals surface area contributed by atoms with Crippen LogP contribution in [0.1, 0.15) is 26.2 Å². The summed E-state index contributed by atoms with van der Waals surface area (Å²) in [7, 11) is 0. The molecule has 2 N–H and O–H groups in total. The molecule has 5 heteroatoms. The monoisotopic (exact) mass is 315 g/mol. The first kappa shape index (κ1) is 15.9. The maximum absolute atomic E-state index is 12.4. The summed E-state index contributed by atoms with van der Waals surface area (Å²) in [5, 5.41) is 13.5. The Balaban J connectivity index is 1.72. The zero-order valence-corrected chi connectivity index (χ0v) is 13.7. The van der Waals surface area contributed by atoms with E-state index in [1.807, 2.05) is 18.2 Å². The number of aliphatic hydroxyl groups excluding tert-OH is 1. The van der Waals surface area contributed by atoms with Crippen LogP contribution in [0.3, 0.4) is 0 Å². The molecule has 0 bridgehead atoms. The van der Waals surface area contributed by atoms with E-state index in [2.05, 4.69) is 29.1 Å². The van der Waals surface area contributed by atoms with Crippen LogP contribution in [0.5, 0.6) is 0 Å². The number of carbonyl (C=O) groups is 1. The molecular formula is C18H25N3O2. The number of benzene rings is 1. The molecule has 1 fully saturated rings. The van der Waals surface area contributed by atoms with Crippen molar-refractivity contribution in [1.29, 1.82) is 0 Å². The van der Waals surface area contributed by atoms with Crippen molar-refractivity contribution in [2.75, 3.05) is 25.0 Å². The van der Waals surface area contributed by atoms with Gasteiger partial charge in [-0.3, -0.25) is 0 Å². The van der Waals surface area contributed by atoms with E-state index < -0.39 is 0 Å². The third-order valence-corrected chi connectivity index (χ3v) is 4.55. The molecule has 0 aliphatic carbocycles. The molecule has 1 saturated heterocycles. The van der Waals surface area contributed by atoms with Crippen molar-refractivity contribution in [3.8, 4) is 0 Å². The predicted octanol–water partition coefficient (Wildman–Crippen LogP) is 3.29. The van der Waals surface area contributed by atoms with Crippen LogP contribution in [0.15, 0.2) is 30.5 Å². The van der Waals surface area contributed by atoms with Gasteiger partial charge < -0.3 is 19.9 Å². The van der Waals surface area contributed by atoms with Crippen molar-refractivity contribution in [2.45, 2.75) is 32.7 Å². The average Bonchev–Trinajstić information content (AvgIpc) is 2.98. The van der Waals surface area contributed by atoms with Gasteiger partial charge in [0.1, 0.15) is 0 Å². The molecule has 1 unspecified atom stereocenters. The van der Waals surface area contributed by atoms with Gasteiger partial charge in [-0.2, -0.15) is 0 Å². The van der Waals surface area contributed by atoms with Gasteiger partial charge in [0.25, 0.3) is 0 Å². The molecular weight excluding hydrogens is 290 g/mol. The number of nitrogens with zero attached hydrogens (tertiary/aromatic N) is 2. The summed E-state index contributed by atoms with van der Waals surface area (Å²) in [4.78, 5) is 14.2. The first-order valence-electron chi connectivity index (χ1n) is 8.47. The average molecular weight is 315 g/mol. The van der Waals surface area contributed by atoms with Crippen molar-refractivity contribution in [3.05, 3.63) is 30.5 Å². The maximum Gasteiger partial charge on any atom is 0.321 e. The number of carbonyl (C=O) groups excluding carboxylic acids is 1. The molecule has 2 amide bonds. The minimum Gasteiger partial charge on any atom is -0.396 e. The van der Waals surface area contributed by atoms with Crippen molar-refractivity contribution < 1.29 is 9.90 Å². The third-order valence-electron chi connectivity index (χ3n) is 4.55. The molecule has 1 atom stereocenters. The summed E-state index contributed by atoms with van der Waals surface area (Å²) in [5.41, 5.74) is 1.97. The summed E-state index contributed by atoms with van der Waals surface area (Å²) < 4.78 is 2.22. The highest BCUT2D eigenvalue weighted by atomic mass is 16.3. The Bertz CT molecular complexity index is 680. The highest BCUT2D eigenvalue weighted by molar-refractivity contribution is 5.92. The number of rotatable bonds is 4. The number of nitrogens with one attached hydrogen (secondary N) is 1. The van der Waals surface area contributed by atoms with E-state index in [4.69, 9.17) is 0 Å². The number of piperidine rings is 1. The Labute approximate surface area is 136 Å². The lowest BCUT2D eigenvalue weighted by atomic mass is 9.99. The summed E-state index contributed by atoms with van der Waals surface area (Å²) in [6.45, 7) is 4.68. The second-order valence-electron chi connectivity index (χ2n) is 6.35. The number of anilines is 1. The molecule has 1 aliphatic heterocycles. The van der Waals surface area contributed by atoms with Crippen molar-refractivity contribution in [1.82, 2.24) is 9.47 Å². The maximum atomic E-state index is 12.4. The van der Waals surface area contributed by atoms with Crippen LogP contribution in [0, 0.1) is 5.92 Å². The molecule has 2 aromatic rings. The number of aryl methyl sites for hydroxylation is 1. The predicted molar refractivity (Wildman–Crippen MR) is 92.6 cm³/mol. The fourth-order valence-electron chi connectivity index (χ4n) is 3.30. The molecule has 3 rings (SSSR count). The fraction of sp³-hybridized carbons (Fsp3) is 0.500. The van der Waals surface area contributed by atoms with Gasteiger partial charge in [0.05, 0.1) is 5.52 Å². The van der Waals surface area contributed by atoms with E-state index in [9.17, 15) is 9.90 Å². The molecule has 1 aromatic carbocycles. The number of likely N-dealkylation sites (tertiary alicyclic amines) is 1. The van der Waals surface area contributed by atoms with Gasteiger partial charge in [0, 0.05) is 38.1 Å². The van der Waals surface area contributed by atoms with Crippen LogP contribution < -0.4 is 5.32 Å². The van der Waals surface area contributed by atoms with Gasteiger partial charge in [0.15, 0.2) is 0 Å². The lowest BCUT2D eigenvalue weighted by Crippen LogP contribution is -2.43. The topological polar surface area (TPSA) is 57.5 Å². The number of aromatic nitrogens is 1. The zero-order chi connectivity index (χ0) is 16.2. The summed E-state index contributed by atoms with van der Waals surface area (Å²) in [6, 6.07) is 8.06. The first-order valence-corrected chi connectivity index (χ1v) is 8.47. The summed E-state index contributed by atoms with van der Waals surface area (Å²) >= 11 is 0. The molecule has 1 aliphatic rings. The van der Waals surface area contributed by atoms with Crippen LogP contribution in [0.25, 0.3) is 10.9 Å². The molecule has 124 valence electrons. The van der Waals surface area contributed by atoms with E-state index in [1.54, 1.807) is 4.90 Å². The van der Waals surface area contributed by atoms with Crippen LogP contribution in [0.4, 0.5) is 10.5 Å². The van der Waals surface area contributed by atoms with Crippen LogP contribution in [0.2, 0.25) is 0 Å². The Hall–Kier alpha value is -2.01. The van der Waals surface area contributed by atoms with Crippen molar-refractivity contribution in [2.24, 2.45) is 5.92 Å². The number of fused-ring (bicyclic) bond motifs is 1. The minimum absolute atomic E-state index is 0.0731. The van der Waals surface area contributed by atoms with Gasteiger partial charge in [-0.05, 0) is 48.8 Å². The van der Waals surface area contributed by atoms with E-state index >= 15 is 0 Å². The van der Waals surface area contributed by atoms with Crippen molar-refractivity contribution >= 4 is 22.6 Å². The Morgan fingerprint density at radius 3 is 3.04 bits per heavy atom. The van der Waals surface area contributed by atoms with Crippen molar-refractivity contribution in [3.63, 3.8) is 0 Å². The molecule has 5 nitrogen and oxygen atoms in total. The molecule has 0 radical (unpaired) electrons. The minimum atomic E-state index is -0.0731. The Kier molecular flexibility index (Phi) is 4.86. The lowest BCUT2D eigenvalue weighted by Gasteiger charge is -2.31. The summed E-state index contributed by atoms with van der Waals surface area (Å²) in [5.74, 6) is 0.207. The fourth-order valence-corrected chi connectivity index (χ4v) is 3.30. The summed E-state index contributed by atoms with van der Waals surface area (Å²) in [6.07, 6.45) is 5.13. The number of amides is 2. The SMILES string of the molecule is CCCn1ccc2ccc(NC(=O)N3CCCC(CO)C3)cc21. The quantitative estimate of drug-likeness (QED) is 0.909. The second kappa shape index (κ2) is 7.04. The van der Waals surface area contributed by atoms with Crippen LogP contribution >= 0.6 is 0 Å². The number of aliphatic hydroxyl groups is 1. The second-order valence-corrected chi connectivity index (χ2v) is 6.35. The number of hydrogen-bond acceptors (Lipinski definition) is 2. The number of hydrogen-bond donors (Lipinski definition) is 2. The first-order chi connectivity index (χ1) is 11.2. The Morgan fingerprint density at radius 2 is 2.26 bits per heavy atom.